The molecule has 0 atom stereocenters. The lowest BCUT2D eigenvalue weighted by atomic mass is 10.2. The summed E-state index contributed by atoms with van der Waals surface area (Å²) in [5.74, 6) is 1.09. The summed E-state index contributed by atoms with van der Waals surface area (Å²) in [4.78, 5) is 15.9. The number of aromatic nitrogens is 3. The molecule has 116 valence electrons. The van der Waals surface area contributed by atoms with Crippen LogP contribution in [0.1, 0.15) is 6.42 Å². The van der Waals surface area contributed by atoms with Crippen LogP contribution in [0.15, 0.2) is 60.9 Å². The summed E-state index contributed by atoms with van der Waals surface area (Å²) in [5.41, 5.74) is 1.78. The summed E-state index contributed by atoms with van der Waals surface area (Å²) in [7, 11) is 0. The van der Waals surface area contributed by atoms with Crippen LogP contribution >= 0.6 is 0 Å². The zero-order valence-electron chi connectivity index (χ0n) is 12.4. The van der Waals surface area contributed by atoms with Crippen molar-refractivity contribution in [1.82, 2.24) is 15.2 Å². The Morgan fingerprint density at radius 2 is 1.91 bits per heavy atom. The van der Waals surface area contributed by atoms with E-state index in [0.29, 0.717) is 12.4 Å². The third kappa shape index (κ3) is 4.16. The van der Waals surface area contributed by atoms with Crippen molar-refractivity contribution in [1.29, 1.82) is 0 Å². The molecule has 0 fully saturated rings. The highest BCUT2D eigenvalue weighted by molar-refractivity contribution is 5.90. The van der Waals surface area contributed by atoms with Gasteiger partial charge in [-0.25, -0.2) is 0 Å². The van der Waals surface area contributed by atoms with E-state index in [-0.39, 0.29) is 12.3 Å². The third-order valence-corrected chi connectivity index (χ3v) is 3.18. The van der Waals surface area contributed by atoms with Crippen molar-refractivity contribution in [3.05, 3.63) is 60.9 Å². The number of H-pyrrole nitrogens is 1. The second-order valence-corrected chi connectivity index (χ2v) is 4.86. The molecule has 6 heteroatoms. The molecule has 0 bridgehead atoms. The fourth-order valence-electron chi connectivity index (χ4n) is 2.05. The van der Waals surface area contributed by atoms with Gasteiger partial charge in [0, 0.05) is 24.0 Å². The number of carbonyl (C=O) groups excluding carboxylic acids is 1. The van der Waals surface area contributed by atoms with Gasteiger partial charge >= 0.3 is 0 Å². The minimum absolute atomic E-state index is 0.145. The van der Waals surface area contributed by atoms with Gasteiger partial charge in [-0.1, -0.05) is 18.2 Å². The molecule has 0 aliphatic rings. The molecule has 3 rings (SSSR count). The molecular formula is C17H16N4O2. The van der Waals surface area contributed by atoms with Gasteiger partial charge in [0.1, 0.15) is 5.75 Å². The van der Waals surface area contributed by atoms with Gasteiger partial charge in [-0.05, 0) is 24.3 Å². The summed E-state index contributed by atoms with van der Waals surface area (Å²) < 4.78 is 5.49. The van der Waals surface area contributed by atoms with E-state index >= 15 is 0 Å². The average molecular weight is 308 g/mol. The van der Waals surface area contributed by atoms with Crippen LogP contribution < -0.4 is 10.1 Å². The van der Waals surface area contributed by atoms with Gasteiger partial charge in [0.15, 0.2) is 5.82 Å². The van der Waals surface area contributed by atoms with Crippen LogP contribution in [0.2, 0.25) is 0 Å². The van der Waals surface area contributed by atoms with E-state index in [0.717, 1.165) is 17.0 Å². The van der Waals surface area contributed by atoms with Crippen molar-refractivity contribution >= 4 is 11.7 Å². The van der Waals surface area contributed by atoms with Crippen molar-refractivity contribution in [2.45, 2.75) is 6.42 Å². The van der Waals surface area contributed by atoms with Gasteiger partial charge < -0.3 is 10.1 Å². The molecule has 23 heavy (non-hydrogen) atoms. The van der Waals surface area contributed by atoms with Crippen molar-refractivity contribution in [3.8, 4) is 17.0 Å². The van der Waals surface area contributed by atoms with E-state index in [2.05, 4.69) is 20.5 Å². The predicted octanol–water partition coefficient (Wildman–Crippen LogP) is 2.88. The molecule has 2 aromatic heterocycles. The number of ether oxygens (including phenoxy) is 1. The van der Waals surface area contributed by atoms with Crippen LogP contribution in [0.4, 0.5) is 5.82 Å². The summed E-state index contributed by atoms with van der Waals surface area (Å²) in [6, 6.07) is 14.9. The Hall–Kier alpha value is -3.15. The number of para-hydroxylation sites is 1. The third-order valence-electron chi connectivity index (χ3n) is 3.18. The first kappa shape index (κ1) is 14.8. The Morgan fingerprint density at radius 1 is 1.13 bits per heavy atom. The SMILES string of the molecule is O=C(CCOc1ccccc1)Nc1cc(-c2ccncc2)[nH]n1. The minimum Gasteiger partial charge on any atom is -0.493 e. The molecule has 0 unspecified atom stereocenters. The van der Waals surface area contributed by atoms with E-state index in [1.54, 1.807) is 18.5 Å². The van der Waals surface area contributed by atoms with Crippen LogP contribution in [-0.4, -0.2) is 27.7 Å². The fraction of sp³-hybridized carbons (Fsp3) is 0.118. The number of anilines is 1. The summed E-state index contributed by atoms with van der Waals surface area (Å²) >= 11 is 0. The van der Waals surface area contributed by atoms with E-state index in [9.17, 15) is 4.79 Å². The first-order chi connectivity index (χ1) is 11.3. The lowest BCUT2D eigenvalue weighted by Crippen LogP contribution is -2.15. The summed E-state index contributed by atoms with van der Waals surface area (Å²) in [6.07, 6.45) is 3.66. The molecule has 0 spiro atoms. The predicted molar refractivity (Wildman–Crippen MR) is 87.0 cm³/mol. The molecule has 0 radical (unpaired) electrons. The van der Waals surface area contributed by atoms with Gasteiger partial charge in [-0.15, -0.1) is 0 Å². The molecule has 6 nitrogen and oxygen atoms in total. The average Bonchev–Trinajstić information content (AvgIpc) is 3.05. The van der Waals surface area contributed by atoms with E-state index in [4.69, 9.17) is 4.74 Å². The van der Waals surface area contributed by atoms with Crippen molar-refractivity contribution < 1.29 is 9.53 Å². The van der Waals surface area contributed by atoms with Gasteiger partial charge in [-0.2, -0.15) is 5.10 Å². The van der Waals surface area contributed by atoms with Crippen LogP contribution in [-0.2, 0) is 4.79 Å². The van der Waals surface area contributed by atoms with Gasteiger partial charge in [0.25, 0.3) is 0 Å². The molecule has 2 N–H and O–H groups in total. The van der Waals surface area contributed by atoms with Crippen molar-refractivity contribution in [3.63, 3.8) is 0 Å². The second-order valence-electron chi connectivity index (χ2n) is 4.86. The number of aromatic amines is 1. The largest absolute Gasteiger partial charge is 0.493 e. The normalized spacial score (nSPS) is 10.3. The zero-order chi connectivity index (χ0) is 15.9. The summed E-state index contributed by atoms with van der Waals surface area (Å²) in [5, 5.41) is 9.71. The number of carbonyl (C=O) groups is 1. The Morgan fingerprint density at radius 3 is 2.70 bits per heavy atom. The molecule has 0 saturated heterocycles. The monoisotopic (exact) mass is 308 g/mol. The topological polar surface area (TPSA) is 79.9 Å². The Labute approximate surface area is 133 Å². The summed E-state index contributed by atoms with van der Waals surface area (Å²) in [6.45, 7) is 0.317. The highest BCUT2D eigenvalue weighted by atomic mass is 16.5. The lowest BCUT2D eigenvalue weighted by Gasteiger charge is -2.05. The molecule has 1 amide bonds. The van der Waals surface area contributed by atoms with Gasteiger partial charge in [0.2, 0.25) is 5.91 Å². The first-order valence-electron chi connectivity index (χ1n) is 7.25. The maximum absolute atomic E-state index is 11.9. The zero-order valence-corrected chi connectivity index (χ0v) is 12.4. The number of hydrogen-bond acceptors (Lipinski definition) is 4. The van der Waals surface area contributed by atoms with E-state index in [1.165, 1.54) is 0 Å². The number of rotatable bonds is 6. The highest BCUT2D eigenvalue weighted by Gasteiger charge is 2.07. The number of amides is 1. The van der Waals surface area contributed by atoms with Crippen molar-refractivity contribution in [2.24, 2.45) is 0 Å². The molecular weight excluding hydrogens is 292 g/mol. The second kappa shape index (κ2) is 7.22. The van der Waals surface area contributed by atoms with E-state index < -0.39 is 0 Å². The number of benzene rings is 1. The maximum atomic E-state index is 11.9. The van der Waals surface area contributed by atoms with E-state index in [1.807, 2.05) is 42.5 Å². The quantitative estimate of drug-likeness (QED) is 0.734. The first-order valence-corrected chi connectivity index (χ1v) is 7.25. The smallest absolute Gasteiger partial charge is 0.229 e. The van der Waals surface area contributed by atoms with Crippen LogP contribution in [0.3, 0.4) is 0 Å². The molecule has 0 aliphatic heterocycles. The molecule has 0 aliphatic carbocycles. The molecule has 1 aromatic carbocycles. The lowest BCUT2D eigenvalue weighted by molar-refractivity contribution is -0.116. The number of nitrogens with one attached hydrogen (secondary N) is 2. The Kier molecular flexibility index (Phi) is 4.63. The highest BCUT2D eigenvalue weighted by Crippen LogP contribution is 2.18. The van der Waals surface area contributed by atoms with Gasteiger partial charge in [-0.3, -0.25) is 14.9 Å². The van der Waals surface area contributed by atoms with Crippen LogP contribution in [0.5, 0.6) is 5.75 Å². The molecule has 0 saturated carbocycles. The van der Waals surface area contributed by atoms with Crippen LogP contribution in [0, 0.1) is 0 Å². The molecule has 3 aromatic rings. The maximum Gasteiger partial charge on any atom is 0.229 e. The number of nitrogens with zero attached hydrogens (tertiary/aromatic N) is 2. The number of hydrogen-bond donors (Lipinski definition) is 2. The molecule has 2 heterocycles. The van der Waals surface area contributed by atoms with Gasteiger partial charge in [0.05, 0.1) is 18.7 Å². The Bertz CT molecular complexity index is 757. The Balaban J connectivity index is 1.49. The standard InChI is InChI=1S/C17H16N4O2/c22-17(8-11-23-14-4-2-1-3-5-14)19-16-12-15(20-21-16)13-6-9-18-10-7-13/h1-7,9-10,12H,8,11H2,(H2,19,20,21,22). The van der Waals surface area contributed by atoms with Crippen LogP contribution in [0.25, 0.3) is 11.3 Å². The minimum atomic E-state index is -0.145. The fourth-order valence-corrected chi connectivity index (χ4v) is 2.05. The van der Waals surface area contributed by atoms with Crippen molar-refractivity contribution in [2.75, 3.05) is 11.9 Å². The number of pyridine rings is 1.